The molecule has 0 saturated heterocycles. The van der Waals surface area contributed by atoms with Crippen LogP contribution in [0.15, 0.2) is 5.51 Å². The van der Waals surface area contributed by atoms with Gasteiger partial charge in [0.25, 0.3) is 0 Å². The third-order valence-corrected chi connectivity index (χ3v) is 3.23. The first-order valence-corrected chi connectivity index (χ1v) is 5.91. The van der Waals surface area contributed by atoms with Crippen LogP contribution in [0.3, 0.4) is 0 Å². The molecular weight excluding hydrogens is 192 g/mol. The Morgan fingerprint density at radius 2 is 2.14 bits per heavy atom. The van der Waals surface area contributed by atoms with Crippen molar-refractivity contribution in [2.24, 2.45) is 5.41 Å². The SMILES string of the molecule is Cc1ncsc1C(C)NCC(C)(C)C. The highest BCUT2D eigenvalue weighted by molar-refractivity contribution is 7.09. The molecule has 1 rings (SSSR count). The van der Waals surface area contributed by atoms with E-state index < -0.39 is 0 Å². The van der Waals surface area contributed by atoms with Crippen molar-refractivity contribution in [2.75, 3.05) is 6.54 Å². The molecular formula is C11H20N2S. The third kappa shape index (κ3) is 3.39. The fraction of sp³-hybridized carbons (Fsp3) is 0.727. The van der Waals surface area contributed by atoms with Crippen LogP contribution >= 0.6 is 11.3 Å². The van der Waals surface area contributed by atoms with Crippen LogP contribution in [-0.2, 0) is 0 Å². The predicted octanol–water partition coefficient (Wildman–Crippen LogP) is 3.15. The first-order chi connectivity index (χ1) is 6.40. The van der Waals surface area contributed by atoms with Crippen molar-refractivity contribution >= 4 is 11.3 Å². The summed E-state index contributed by atoms with van der Waals surface area (Å²) in [6, 6.07) is 0.418. The number of nitrogens with one attached hydrogen (secondary N) is 1. The zero-order valence-electron chi connectivity index (χ0n) is 9.72. The Morgan fingerprint density at radius 1 is 1.50 bits per heavy atom. The Hall–Kier alpha value is -0.410. The van der Waals surface area contributed by atoms with Gasteiger partial charge in [-0.1, -0.05) is 20.8 Å². The minimum atomic E-state index is 0.340. The van der Waals surface area contributed by atoms with Crippen molar-refractivity contribution in [3.63, 3.8) is 0 Å². The number of aryl methyl sites for hydroxylation is 1. The second-order valence-corrected chi connectivity index (χ2v) is 5.85. The molecule has 0 aliphatic carbocycles. The molecule has 0 amide bonds. The maximum absolute atomic E-state index is 4.26. The fourth-order valence-electron chi connectivity index (χ4n) is 1.28. The van der Waals surface area contributed by atoms with Gasteiger partial charge < -0.3 is 5.32 Å². The predicted molar refractivity (Wildman–Crippen MR) is 62.7 cm³/mol. The standard InChI is InChI=1S/C11H20N2S/c1-8(12-6-11(3,4)5)10-9(2)13-7-14-10/h7-8,12H,6H2,1-5H3. The highest BCUT2D eigenvalue weighted by Crippen LogP contribution is 2.22. The molecule has 1 aromatic heterocycles. The molecule has 0 saturated carbocycles. The molecule has 1 heterocycles. The summed E-state index contributed by atoms with van der Waals surface area (Å²) in [5.74, 6) is 0. The van der Waals surface area contributed by atoms with Crippen LogP contribution in [0.2, 0.25) is 0 Å². The van der Waals surface area contributed by atoms with Gasteiger partial charge in [-0.2, -0.15) is 0 Å². The van der Waals surface area contributed by atoms with E-state index in [0.717, 1.165) is 12.2 Å². The molecule has 1 atom stereocenters. The minimum Gasteiger partial charge on any atom is -0.309 e. The lowest BCUT2D eigenvalue weighted by Gasteiger charge is -2.22. The normalized spacial score (nSPS) is 14.4. The van der Waals surface area contributed by atoms with Crippen LogP contribution in [0.25, 0.3) is 0 Å². The minimum absolute atomic E-state index is 0.340. The zero-order valence-corrected chi connectivity index (χ0v) is 10.5. The second-order valence-electron chi connectivity index (χ2n) is 4.97. The lowest BCUT2D eigenvalue weighted by molar-refractivity contribution is 0.360. The van der Waals surface area contributed by atoms with Crippen molar-refractivity contribution < 1.29 is 0 Å². The lowest BCUT2D eigenvalue weighted by atomic mass is 9.96. The van der Waals surface area contributed by atoms with E-state index in [4.69, 9.17) is 0 Å². The molecule has 1 aromatic rings. The summed E-state index contributed by atoms with van der Waals surface area (Å²) in [5, 5.41) is 3.54. The maximum Gasteiger partial charge on any atom is 0.0798 e. The first-order valence-electron chi connectivity index (χ1n) is 5.03. The van der Waals surface area contributed by atoms with Crippen LogP contribution < -0.4 is 5.32 Å². The Kier molecular flexibility index (Phi) is 3.67. The van der Waals surface area contributed by atoms with Crippen molar-refractivity contribution in [3.05, 3.63) is 16.1 Å². The van der Waals surface area contributed by atoms with Gasteiger partial charge in [0.05, 0.1) is 11.2 Å². The molecule has 0 aliphatic heterocycles. The average Bonchev–Trinajstić information content (AvgIpc) is 2.46. The molecule has 0 aromatic carbocycles. The van der Waals surface area contributed by atoms with E-state index in [9.17, 15) is 0 Å². The molecule has 1 N–H and O–H groups in total. The summed E-state index contributed by atoms with van der Waals surface area (Å²) in [6.07, 6.45) is 0. The first kappa shape index (κ1) is 11.7. The van der Waals surface area contributed by atoms with Gasteiger partial charge in [0.2, 0.25) is 0 Å². The van der Waals surface area contributed by atoms with Crippen molar-refractivity contribution in [3.8, 4) is 0 Å². The highest BCUT2D eigenvalue weighted by Gasteiger charge is 2.14. The third-order valence-electron chi connectivity index (χ3n) is 2.11. The topological polar surface area (TPSA) is 24.9 Å². The van der Waals surface area contributed by atoms with Gasteiger partial charge in [0.1, 0.15) is 0 Å². The summed E-state index contributed by atoms with van der Waals surface area (Å²) >= 11 is 1.73. The zero-order chi connectivity index (χ0) is 10.8. The molecule has 0 fully saturated rings. The van der Waals surface area contributed by atoms with E-state index in [0.29, 0.717) is 11.5 Å². The number of hydrogen-bond donors (Lipinski definition) is 1. The Balaban J connectivity index is 2.51. The van der Waals surface area contributed by atoms with Crippen LogP contribution in [-0.4, -0.2) is 11.5 Å². The van der Waals surface area contributed by atoms with Gasteiger partial charge in [-0.3, -0.25) is 0 Å². The molecule has 0 aliphatic rings. The van der Waals surface area contributed by atoms with Crippen LogP contribution in [0, 0.1) is 12.3 Å². The number of rotatable bonds is 3. The Morgan fingerprint density at radius 3 is 2.57 bits per heavy atom. The average molecular weight is 212 g/mol. The van der Waals surface area contributed by atoms with Crippen LogP contribution in [0.5, 0.6) is 0 Å². The fourth-order valence-corrected chi connectivity index (χ4v) is 2.11. The molecule has 0 bridgehead atoms. The number of thiazole rings is 1. The highest BCUT2D eigenvalue weighted by atomic mass is 32.1. The summed E-state index contributed by atoms with van der Waals surface area (Å²) < 4.78 is 0. The quantitative estimate of drug-likeness (QED) is 0.832. The molecule has 0 spiro atoms. The van der Waals surface area contributed by atoms with E-state index in [1.54, 1.807) is 11.3 Å². The number of nitrogens with zero attached hydrogens (tertiary/aromatic N) is 1. The lowest BCUT2D eigenvalue weighted by Crippen LogP contribution is -2.29. The summed E-state index contributed by atoms with van der Waals surface area (Å²) in [4.78, 5) is 5.62. The molecule has 80 valence electrons. The molecule has 0 radical (unpaired) electrons. The van der Waals surface area contributed by atoms with Gasteiger partial charge in [0, 0.05) is 17.5 Å². The van der Waals surface area contributed by atoms with Crippen molar-refractivity contribution in [2.45, 2.75) is 40.7 Å². The Labute approximate surface area is 90.8 Å². The smallest absolute Gasteiger partial charge is 0.0798 e. The summed E-state index contributed by atoms with van der Waals surface area (Å²) in [6.45, 7) is 12.0. The maximum atomic E-state index is 4.26. The summed E-state index contributed by atoms with van der Waals surface area (Å²) in [7, 11) is 0. The van der Waals surface area contributed by atoms with Crippen molar-refractivity contribution in [1.29, 1.82) is 0 Å². The van der Waals surface area contributed by atoms with Gasteiger partial charge >= 0.3 is 0 Å². The van der Waals surface area contributed by atoms with E-state index in [2.05, 4.69) is 44.9 Å². The van der Waals surface area contributed by atoms with Gasteiger partial charge in [0.15, 0.2) is 0 Å². The summed E-state index contributed by atoms with van der Waals surface area (Å²) in [5.41, 5.74) is 3.41. The van der Waals surface area contributed by atoms with Gasteiger partial charge in [-0.05, 0) is 19.3 Å². The van der Waals surface area contributed by atoms with Gasteiger partial charge in [-0.25, -0.2) is 4.98 Å². The molecule has 14 heavy (non-hydrogen) atoms. The molecule has 3 heteroatoms. The van der Waals surface area contributed by atoms with Crippen LogP contribution in [0.1, 0.15) is 44.3 Å². The largest absolute Gasteiger partial charge is 0.309 e. The van der Waals surface area contributed by atoms with Crippen LogP contribution in [0.4, 0.5) is 0 Å². The van der Waals surface area contributed by atoms with Gasteiger partial charge in [-0.15, -0.1) is 11.3 Å². The van der Waals surface area contributed by atoms with Crippen molar-refractivity contribution in [1.82, 2.24) is 10.3 Å². The van der Waals surface area contributed by atoms with E-state index in [-0.39, 0.29) is 0 Å². The number of hydrogen-bond acceptors (Lipinski definition) is 3. The second kappa shape index (κ2) is 4.41. The van der Waals surface area contributed by atoms with E-state index >= 15 is 0 Å². The van der Waals surface area contributed by atoms with E-state index in [1.807, 2.05) is 5.51 Å². The number of aromatic nitrogens is 1. The molecule has 1 unspecified atom stereocenters. The molecule has 2 nitrogen and oxygen atoms in total. The monoisotopic (exact) mass is 212 g/mol. The Bertz CT molecular complexity index is 286. The van der Waals surface area contributed by atoms with E-state index in [1.165, 1.54) is 4.88 Å².